The standard InChI is InChI=1S/C15H27N3O2/c1-15(11-20-10-13(15)16)14(19)18-8-4-12(5-9-18)17-6-2-3-7-17/h12-13H,2-11,16H2,1H3. The van der Waals surface area contributed by atoms with Gasteiger partial charge in [-0.05, 0) is 45.7 Å². The zero-order valence-electron chi connectivity index (χ0n) is 12.5. The molecule has 0 spiro atoms. The average Bonchev–Trinajstić information content (AvgIpc) is 3.10. The molecule has 3 aliphatic heterocycles. The van der Waals surface area contributed by atoms with Crippen LogP contribution in [0.5, 0.6) is 0 Å². The molecule has 0 bridgehead atoms. The van der Waals surface area contributed by atoms with Gasteiger partial charge in [0, 0.05) is 25.2 Å². The van der Waals surface area contributed by atoms with Crippen molar-refractivity contribution in [3.05, 3.63) is 0 Å². The van der Waals surface area contributed by atoms with Crippen LogP contribution in [0.4, 0.5) is 0 Å². The van der Waals surface area contributed by atoms with E-state index >= 15 is 0 Å². The molecule has 2 atom stereocenters. The molecule has 1 amide bonds. The van der Waals surface area contributed by atoms with Gasteiger partial charge in [0.1, 0.15) is 0 Å². The molecule has 5 heteroatoms. The van der Waals surface area contributed by atoms with Gasteiger partial charge in [0.2, 0.25) is 5.91 Å². The van der Waals surface area contributed by atoms with E-state index in [4.69, 9.17) is 10.5 Å². The van der Waals surface area contributed by atoms with E-state index in [0.717, 1.165) is 25.9 Å². The summed E-state index contributed by atoms with van der Waals surface area (Å²) in [6.07, 6.45) is 4.89. The molecule has 3 aliphatic rings. The number of hydrogen-bond donors (Lipinski definition) is 1. The number of amides is 1. The number of nitrogens with zero attached hydrogens (tertiary/aromatic N) is 2. The van der Waals surface area contributed by atoms with E-state index < -0.39 is 5.41 Å². The van der Waals surface area contributed by atoms with Crippen LogP contribution < -0.4 is 5.73 Å². The molecule has 0 aromatic carbocycles. The Morgan fingerprint density at radius 3 is 2.40 bits per heavy atom. The Labute approximate surface area is 121 Å². The maximum absolute atomic E-state index is 12.7. The van der Waals surface area contributed by atoms with Crippen LogP contribution in [0.25, 0.3) is 0 Å². The zero-order valence-corrected chi connectivity index (χ0v) is 12.5. The molecule has 0 aromatic rings. The predicted molar refractivity (Wildman–Crippen MR) is 77.3 cm³/mol. The molecule has 0 aliphatic carbocycles. The van der Waals surface area contributed by atoms with E-state index in [-0.39, 0.29) is 11.9 Å². The third-order valence-corrected chi connectivity index (χ3v) is 5.41. The van der Waals surface area contributed by atoms with Crippen LogP contribution >= 0.6 is 0 Å². The van der Waals surface area contributed by atoms with Crippen molar-refractivity contribution in [3.8, 4) is 0 Å². The minimum absolute atomic E-state index is 0.161. The summed E-state index contributed by atoms with van der Waals surface area (Å²) < 4.78 is 5.41. The highest BCUT2D eigenvalue weighted by Crippen LogP contribution is 2.31. The number of likely N-dealkylation sites (tertiary alicyclic amines) is 2. The first-order valence-electron chi connectivity index (χ1n) is 7.98. The van der Waals surface area contributed by atoms with Crippen LogP contribution in [0, 0.1) is 5.41 Å². The molecule has 0 aromatic heterocycles. The molecule has 3 fully saturated rings. The summed E-state index contributed by atoms with van der Waals surface area (Å²) in [7, 11) is 0. The number of nitrogens with two attached hydrogens (primary N) is 1. The fraction of sp³-hybridized carbons (Fsp3) is 0.933. The highest BCUT2D eigenvalue weighted by atomic mass is 16.5. The van der Waals surface area contributed by atoms with Gasteiger partial charge in [0.25, 0.3) is 0 Å². The Kier molecular flexibility index (Phi) is 4.02. The molecule has 3 rings (SSSR count). The SMILES string of the molecule is CC1(C(=O)N2CCC(N3CCCC3)CC2)COCC1N. The van der Waals surface area contributed by atoms with Crippen molar-refractivity contribution in [2.24, 2.45) is 11.1 Å². The molecule has 0 saturated carbocycles. The summed E-state index contributed by atoms with van der Waals surface area (Å²) in [5.74, 6) is 0.197. The first kappa shape index (κ1) is 14.3. The van der Waals surface area contributed by atoms with Gasteiger partial charge in [-0.3, -0.25) is 4.79 Å². The van der Waals surface area contributed by atoms with Crippen molar-refractivity contribution in [1.82, 2.24) is 9.80 Å². The third-order valence-electron chi connectivity index (χ3n) is 5.41. The predicted octanol–water partition coefficient (Wildman–Crippen LogP) is 0.437. The number of carbonyl (C=O) groups excluding carboxylic acids is 1. The number of piperidine rings is 1. The smallest absolute Gasteiger partial charge is 0.232 e. The molecular formula is C15H27N3O2. The molecule has 114 valence electrons. The normalized spacial score (nSPS) is 36.7. The Morgan fingerprint density at radius 1 is 1.20 bits per heavy atom. The quantitative estimate of drug-likeness (QED) is 0.798. The van der Waals surface area contributed by atoms with E-state index in [1.54, 1.807) is 0 Å². The fourth-order valence-corrected chi connectivity index (χ4v) is 3.81. The van der Waals surface area contributed by atoms with Gasteiger partial charge in [0.15, 0.2) is 0 Å². The van der Waals surface area contributed by atoms with Gasteiger partial charge in [-0.1, -0.05) is 0 Å². The molecule has 5 nitrogen and oxygen atoms in total. The van der Waals surface area contributed by atoms with E-state index in [0.29, 0.717) is 19.3 Å². The Bertz CT molecular complexity index is 362. The first-order valence-corrected chi connectivity index (χ1v) is 7.98. The van der Waals surface area contributed by atoms with Crippen LogP contribution in [0.3, 0.4) is 0 Å². The van der Waals surface area contributed by atoms with Gasteiger partial charge >= 0.3 is 0 Å². The van der Waals surface area contributed by atoms with Crippen molar-refractivity contribution in [2.75, 3.05) is 39.4 Å². The Hall–Kier alpha value is -0.650. The van der Waals surface area contributed by atoms with E-state index in [1.807, 2.05) is 11.8 Å². The average molecular weight is 281 g/mol. The summed E-state index contributed by atoms with van der Waals surface area (Å²) in [5, 5.41) is 0. The van der Waals surface area contributed by atoms with Crippen molar-refractivity contribution < 1.29 is 9.53 Å². The highest BCUT2D eigenvalue weighted by molar-refractivity contribution is 5.83. The third kappa shape index (κ3) is 2.47. The maximum atomic E-state index is 12.7. The van der Waals surface area contributed by atoms with Gasteiger partial charge in [-0.2, -0.15) is 0 Å². The molecule has 3 saturated heterocycles. The lowest BCUT2D eigenvalue weighted by atomic mass is 9.83. The second-order valence-electron chi connectivity index (χ2n) is 6.81. The molecule has 2 N–H and O–H groups in total. The molecule has 20 heavy (non-hydrogen) atoms. The first-order chi connectivity index (χ1) is 9.61. The summed E-state index contributed by atoms with van der Waals surface area (Å²) in [5.41, 5.74) is 5.55. The fourth-order valence-electron chi connectivity index (χ4n) is 3.81. The van der Waals surface area contributed by atoms with Gasteiger partial charge in [-0.25, -0.2) is 0 Å². The molecule has 0 radical (unpaired) electrons. The molecule has 2 unspecified atom stereocenters. The maximum Gasteiger partial charge on any atom is 0.232 e. The zero-order chi connectivity index (χ0) is 14.2. The van der Waals surface area contributed by atoms with E-state index in [9.17, 15) is 4.79 Å². The number of hydrogen-bond acceptors (Lipinski definition) is 4. The second-order valence-corrected chi connectivity index (χ2v) is 6.81. The lowest BCUT2D eigenvalue weighted by Gasteiger charge is -2.40. The van der Waals surface area contributed by atoms with Gasteiger partial charge in [-0.15, -0.1) is 0 Å². The Morgan fingerprint density at radius 2 is 1.85 bits per heavy atom. The number of ether oxygens (including phenoxy) is 1. The van der Waals surface area contributed by atoms with E-state index in [2.05, 4.69) is 4.90 Å². The monoisotopic (exact) mass is 281 g/mol. The lowest BCUT2D eigenvalue weighted by molar-refractivity contribution is -0.143. The van der Waals surface area contributed by atoms with Gasteiger partial charge in [0.05, 0.1) is 18.6 Å². The second kappa shape index (κ2) is 5.62. The van der Waals surface area contributed by atoms with Crippen molar-refractivity contribution in [1.29, 1.82) is 0 Å². The van der Waals surface area contributed by atoms with E-state index in [1.165, 1.54) is 25.9 Å². The molecular weight excluding hydrogens is 254 g/mol. The topological polar surface area (TPSA) is 58.8 Å². The van der Waals surface area contributed by atoms with Crippen LogP contribution in [0.2, 0.25) is 0 Å². The highest BCUT2D eigenvalue weighted by Gasteiger charge is 2.47. The van der Waals surface area contributed by atoms with Crippen molar-refractivity contribution in [3.63, 3.8) is 0 Å². The summed E-state index contributed by atoms with van der Waals surface area (Å²) >= 11 is 0. The minimum Gasteiger partial charge on any atom is -0.379 e. The lowest BCUT2D eigenvalue weighted by Crippen LogP contribution is -2.54. The Balaban J connectivity index is 1.56. The number of carbonyl (C=O) groups is 1. The summed E-state index contributed by atoms with van der Waals surface area (Å²) in [4.78, 5) is 17.3. The van der Waals surface area contributed by atoms with Gasteiger partial charge < -0.3 is 20.3 Å². The van der Waals surface area contributed by atoms with Crippen LogP contribution in [0.15, 0.2) is 0 Å². The number of rotatable bonds is 2. The largest absolute Gasteiger partial charge is 0.379 e. The van der Waals surface area contributed by atoms with Crippen LogP contribution in [0.1, 0.15) is 32.6 Å². The van der Waals surface area contributed by atoms with Crippen LogP contribution in [-0.4, -0.2) is 67.2 Å². The van der Waals surface area contributed by atoms with Crippen LogP contribution in [-0.2, 0) is 9.53 Å². The molecule has 3 heterocycles. The van der Waals surface area contributed by atoms with Crippen molar-refractivity contribution >= 4 is 5.91 Å². The summed E-state index contributed by atoms with van der Waals surface area (Å²) in [6, 6.07) is 0.522. The summed E-state index contributed by atoms with van der Waals surface area (Å²) in [6.45, 7) is 7.18. The minimum atomic E-state index is -0.513. The van der Waals surface area contributed by atoms with Crippen molar-refractivity contribution in [2.45, 2.75) is 44.7 Å².